The third kappa shape index (κ3) is 6.19. The Kier molecular flexibility index (Phi) is 7.74. The van der Waals surface area contributed by atoms with Crippen molar-refractivity contribution >= 4 is 17.9 Å². The molecule has 0 aromatic rings. The highest BCUT2D eigenvalue weighted by Gasteiger charge is 2.42. The Morgan fingerprint density at radius 2 is 1.63 bits per heavy atom. The Hall–Kier alpha value is -1.63. The normalized spacial score (nSPS) is 13.3. The molecule has 110 valence electrons. The van der Waals surface area contributed by atoms with E-state index in [9.17, 15) is 19.5 Å². The molecule has 1 N–H and O–H groups in total. The van der Waals surface area contributed by atoms with Crippen molar-refractivity contribution < 1.29 is 33.7 Å². The smallest absolute Gasteiger partial charge is 0.339 e. The van der Waals surface area contributed by atoms with Gasteiger partial charge in [-0.15, -0.1) is 0 Å². The minimum absolute atomic E-state index is 0.199. The summed E-state index contributed by atoms with van der Waals surface area (Å²) in [7, 11) is 2.16. The lowest BCUT2D eigenvalue weighted by molar-refractivity contribution is -0.175. The van der Waals surface area contributed by atoms with Crippen molar-refractivity contribution in [1.82, 2.24) is 0 Å². The molecular formula is C12H20O7. The minimum Gasteiger partial charge on any atom is -0.469 e. The lowest BCUT2D eigenvalue weighted by Gasteiger charge is -2.22. The number of hydrogen-bond donors (Lipinski definition) is 1. The van der Waals surface area contributed by atoms with E-state index in [-0.39, 0.29) is 6.61 Å². The Morgan fingerprint density at radius 1 is 1.05 bits per heavy atom. The van der Waals surface area contributed by atoms with Crippen LogP contribution in [-0.2, 0) is 28.6 Å². The summed E-state index contributed by atoms with van der Waals surface area (Å²) in [5.74, 6) is -2.68. The Labute approximate surface area is 111 Å². The van der Waals surface area contributed by atoms with E-state index >= 15 is 0 Å². The number of ether oxygens (including phenoxy) is 3. The van der Waals surface area contributed by atoms with E-state index in [1.165, 1.54) is 0 Å². The molecule has 0 aromatic carbocycles. The second-order valence-electron chi connectivity index (χ2n) is 4.03. The summed E-state index contributed by atoms with van der Waals surface area (Å²) in [6, 6.07) is 0. The van der Waals surface area contributed by atoms with Crippen LogP contribution in [0.25, 0.3) is 0 Å². The van der Waals surface area contributed by atoms with Crippen molar-refractivity contribution in [3.63, 3.8) is 0 Å². The zero-order valence-electron chi connectivity index (χ0n) is 11.4. The van der Waals surface area contributed by atoms with Crippen LogP contribution in [0, 0.1) is 0 Å². The van der Waals surface area contributed by atoms with Gasteiger partial charge in [0, 0.05) is 0 Å². The molecule has 0 aromatic heterocycles. The maximum absolute atomic E-state index is 11.5. The quantitative estimate of drug-likeness (QED) is 0.383. The summed E-state index contributed by atoms with van der Waals surface area (Å²) in [6.07, 6.45) is 0.202. The van der Waals surface area contributed by atoms with Crippen LogP contribution in [0.3, 0.4) is 0 Å². The molecule has 0 aliphatic rings. The van der Waals surface area contributed by atoms with Crippen LogP contribution in [0.15, 0.2) is 0 Å². The molecule has 0 rings (SSSR count). The van der Waals surface area contributed by atoms with Crippen LogP contribution < -0.4 is 0 Å². The zero-order chi connectivity index (χ0) is 14.9. The molecule has 0 saturated heterocycles. The monoisotopic (exact) mass is 276 g/mol. The maximum Gasteiger partial charge on any atom is 0.339 e. The summed E-state index contributed by atoms with van der Waals surface area (Å²) < 4.78 is 13.6. The van der Waals surface area contributed by atoms with Crippen molar-refractivity contribution in [1.29, 1.82) is 0 Å². The number of carbonyl (C=O) groups is 3. The minimum atomic E-state index is -2.26. The number of aliphatic hydroxyl groups is 1. The molecule has 7 nitrogen and oxygen atoms in total. The molecule has 0 saturated carbocycles. The summed E-state index contributed by atoms with van der Waals surface area (Å²) in [6.45, 7) is 2.13. The van der Waals surface area contributed by atoms with E-state index in [2.05, 4.69) is 9.47 Å². The topological polar surface area (TPSA) is 99.1 Å². The lowest BCUT2D eigenvalue weighted by atomic mass is 9.96. The molecule has 0 heterocycles. The van der Waals surface area contributed by atoms with Crippen molar-refractivity contribution in [3.05, 3.63) is 0 Å². The van der Waals surface area contributed by atoms with Crippen LogP contribution in [-0.4, -0.2) is 49.4 Å². The molecule has 1 unspecified atom stereocenters. The molecular weight excluding hydrogens is 256 g/mol. The summed E-state index contributed by atoms with van der Waals surface area (Å²) in [5, 5.41) is 10.0. The summed E-state index contributed by atoms with van der Waals surface area (Å²) in [4.78, 5) is 34.1. The number of hydrogen-bond acceptors (Lipinski definition) is 7. The van der Waals surface area contributed by atoms with Gasteiger partial charge in [-0.25, -0.2) is 4.79 Å². The number of unbranched alkanes of at least 4 members (excludes halogenated alkanes) is 1. The van der Waals surface area contributed by atoms with E-state index in [0.717, 1.165) is 20.6 Å². The average molecular weight is 276 g/mol. The fourth-order valence-corrected chi connectivity index (χ4v) is 1.33. The van der Waals surface area contributed by atoms with Crippen LogP contribution >= 0.6 is 0 Å². The molecule has 19 heavy (non-hydrogen) atoms. The highest BCUT2D eigenvalue weighted by molar-refractivity contribution is 5.89. The van der Waals surface area contributed by atoms with Crippen LogP contribution in [0.1, 0.15) is 32.6 Å². The first-order valence-corrected chi connectivity index (χ1v) is 5.92. The molecule has 0 aliphatic carbocycles. The molecule has 0 fully saturated rings. The summed E-state index contributed by atoms with van der Waals surface area (Å²) in [5.41, 5.74) is -2.26. The van der Waals surface area contributed by atoms with E-state index in [1.807, 2.05) is 6.92 Å². The molecule has 0 aliphatic heterocycles. The Morgan fingerprint density at radius 3 is 2.11 bits per heavy atom. The fraction of sp³-hybridized carbons (Fsp3) is 0.750. The van der Waals surface area contributed by atoms with Crippen molar-refractivity contribution in [2.45, 2.75) is 38.2 Å². The van der Waals surface area contributed by atoms with Gasteiger partial charge in [0.15, 0.2) is 5.60 Å². The number of methoxy groups -OCH3 is 2. The van der Waals surface area contributed by atoms with E-state index < -0.39 is 36.4 Å². The van der Waals surface area contributed by atoms with Crippen LogP contribution in [0.5, 0.6) is 0 Å². The van der Waals surface area contributed by atoms with Gasteiger partial charge in [0.1, 0.15) is 0 Å². The van der Waals surface area contributed by atoms with Gasteiger partial charge in [-0.3, -0.25) is 9.59 Å². The summed E-state index contributed by atoms with van der Waals surface area (Å²) >= 11 is 0. The highest BCUT2D eigenvalue weighted by atomic mass is 16.6. The van der Waals surface area contributed by atoms with Gasteiger partial charge >= 0.3 is 17.9 Å². The van der Waals surface area contributed by atoms with Gasteiger partial charge in [-0.2, -0.15) is 0 Å². The third-order valence-corrected chi connectivity index (χ3v) is 2.43. The fourth-order valence-electron chi connectivity index (χ4n) is 1.33. The van der Waals surface area contributed by atoms with Crippen molar-refractivity contribution in [2.75, 3.05) is 20.8 Å². The van der Waals surface area contributed by atoms with E-state index in [0.29, 0.717) is 6.42 Å². The number of esters is 3. The average Bonchev–Trinajstić information content (AvgIpc) is 2.37. The molecule has 0 bridgehead atoms. The van der Waals surface area contributed by atoms with Crippen LogP contribution in [0.4, 0.5) is 0 Å². The van der Waals surface area contributed by atoms with Gasteiger partial charge in [-0.1, -0.05) is 13.3 Å². The van der Waals surface area contributed by atoms with Crippen LogP contribution in [0.2, 0.25) is 0 Å². The SMILES string of the molecule is CCCCOC(=O)CC(O)(CC(=O)OC)C(=O)OC. The van der Waals surface area contributed by atoms with E-state index in [4.69, 9.17) is 4.74 Å². The second-order valence-corrected chi connectivity index (χ2v) is 4.03. The third-order valence-electron chi connectivity index (χ3n) is 2.43. The highest BCUT2D eigenvalue weighted by Crippen LogP contribution is 2.19. The van der Waals surface area contributed by atoms with Gasteiger partial charge < -0.3 is 19.3 Å². The largest absolute Gasteiger partial charge is 0.469 e. The predicted octanol–water partition coefficient (Wildman–Crippen LogP) is 0.187. The molecule has 1 atom stereocenters. The Bertz CT molecular complexity index is 326. The molecule has 0 spiro atoms. The lowest BCUT2D eigenvalue weighted by Crippen LogP contribution is -2.44. The number of rotatable bonds is 8. The maximum atomic E-state index is 11.5. The molecule has 7 heteroatoms. The standard InChI is InChI=1S/C12H20O7/c1-4-5-6-19-10(14)8-12(16,11(15)18-3)7-9(13)17-2/h16H,4-8H2,1-3H3. The predicted molar refractivity (Wildman–Crippen MR) is 64.1 cm³/mol. The molecule has 0 radical (unpaired) electrons. The van der Waals surface area contributed by atoms with Gasteiger partial charge in [0.05, 0.1) is 33.7 Å². The Balaban J connectivity index is 4.62. The number of carbonyl (C=O) groups excluding carboxylic acids is 3. The first kappa shape index (κ1) is 17.4. The van der Waals surface area contributed by atoms with Gasteiger partial charge in [-0.05, 0) is 6.42 Å². The van der Waals surface area contributed by atoms with Gasteiger partial charge in [0.2, 0.25) is 0 Å². The first-order chi connectivity index (χ1) is 8.89. The second kappa shape index (κ2) is 8.47. The van der Waals surface area contributed by atoms with E-state index in [1.54, 1.807) is 0 Å². The van der Waals surface area contributed by atoms with Crippen molar-refractivity contribution in [2.24, 2.45) is 0 Å². The van der Waals surface area contributed by atoms with Crippen molar-refractivity contribution in [3.8, 4) is 0 Å². The molecule has 0 amide bonds. The van der Waals surface area contributed by atoms with Gasteiger partial charge in [0.25, 0.3) is 0 Å². The zero-order valence-corrected chi connectivity index (χ0v) is 11.4. The first-order valence-electron chi connectivity index (χ1n) is 5.92.